The normalized spacial score (nSPS) is 18.2. The Hall–Kier alpha value is -0.120. The molecule has 0 unspecified atom stereocenters. The van der Waals surface area contributed by atoms with Crippen molar-refractivity contribution in [2.75, 3.05) is 39.9 Å². The molecule has 0 atom stereocenters. The van der Waals surface area contributed by atoms with Crippen molar-refractivity contribution in [3.05, 3.63) is 0 Å². The number of nitrogens with zero attached hydrogens (tertiary/aromatic N) is 1. The van der Waals surface area contributed by atoms with Crippen LogP contribution in [-0.4, -0.2) is 50.8 Å². The second-order valence-electron chi connectivity index (χ2n) is 3.33. The fraction of sp³-hybridized carbons (Fsp3) is 1.00. The van der Waals surface area contributed by atoms with Gasteiger partial charge in [-0.1, -0.05) is 6.92 Å². The Kier molecular flexibility index (Phi) is 4.58. The molecule has 12 heavy (non-hydrogen) atoms. The van der Waals surface area contributed by atoms with E-state index in [-0.39, 0.29) is 0 Å². The molecule has 0 aromatic heterocycles. The first-order valence-electron chi connectivity index (χ1n) is 4.85. The van der Waals surface area contributed by atoms with Crippen LogP contribution in [0.25, 0.3) is 0 Å². The first-order valence-corrected chi connectivity index (χ1v) is 4.85. The number of rotatable bonds is 6. The van der Waals surface area contributed by atoms with Crippen LogP contribution < -0.4 is 5.32 Å². The van der Waals surface area contributed by atoms with Gasteiger partial charge < -0.3 is 10.1 Å². The van der Waals surface area contributed by atoms with Crippen molar-refractivity contribution in [3.63, 3.8) is 0 Å². The average molecular weight is 172 g/mol. The number of hydrogen-bond donors (Lipinski definition) is 1. The van der Waals surface area contributed by atoms with Crippen LogP contribution in [0.3, 0.4) is 0 Å². The minimum absolute atomic E-state index is 0.693. The molecule has 0 radical (unpaired) electrons. The van der Waals surface area contributed by atoms with E-state index < -0.39 is 0 Å². The van der Waals surface area contributed by atoms with E-state index in [1.54, 1.807) is 0 Å². The highest BCUT2D eigenvalue weighted by Crippen LogP contribution is 2.09. The predicted octanol–water partition coefficient (Wildman–Crippen LogP) is 0.317. The molecule has 1 fully saturated rings. The third-order valence-corrected chi connectivity index (χ3v) is 2.30. The van der Waals surface area contributed by atoms with E-state index in [1.165, 1.54) is 13.0 Å². The second kappa shape index (κ2) is 5.51. The maximum atomic E-state index is 5.18. The van der Waals surface area contributed by atoms with Gasteiger partial charge >= 0.3 is 0 Å². The van der Waals surface area contributed by atoms with Crippen LogP contribution in [0.1, 0.15) is 13.3 Å². The number of hydrogen-bond acceptors (Lipinski definition) is 3. The average Bonchev–Trinajstić information content (AvgIpc) is 1.97. The van der Waals surface area contributed by atoms with Gasteiger partial charge in [0, 0.05) is 13.1 Å². The molecule has 0 aliphatic carbocycles. The van der Waals surface area contributed by atoms with Gasteiger partial charge in [0.15, 0.2) is 0 Å². The molecule has 1 aliphatic heterocycles. The van der Waals surface area contributed by atoms with E-state index in [9.17, 15) is 0 Å². The maximum Gasteiger partial charge on any atom is 0.0645 e. The van der Waals surface area contributed by atoms with E-state index in [0.717, 1.165) is 26.3 Å². The van der Waals surface area contributed by atoms with Crippen LogP contribution in [0.4, 0.5) is 0 Å². The first kappa shape index (κ1) is 9.96. The number of likely N-dealkylation sites (N-methyl/N-ethyl adjacent to an activating group) is 1. The molecule has 1 aliphatic rings. The third-order valence-electron chi connectivity index (χ3n) is 2.30. The van der Waals surface area contributed by atoms with Crippen LogP contribution >= 0.6 is 0 Å². The van der Waals surface area contributed by atoms with Gasteiger partial charge in [-0.25, -0.2) is 0 Å². The van der Waals surface area contributed by atoms with Crippen LogP contribution in [0, 0.1) is 0 Å². The molecular formula is C9H20N2O. The van der Waals surface area contributed by atoms with Crippen molar-refractivity contribution in [2.24, 2.45) is 0 Å². The van der Waals surface area contributed by atoms with Gasteiger partial charge in [-0.05, 0) is 20.0 Å². The molecule has 1 rings (SSSR count). The third kappa shape index (κ3) is 2.73. The largest absolute Gasteiger partial charge is 0.378 e. The summed E-state index contributed by atoms with van der Waals surface area (Å²) >= 11 is 0. The molecule has 1 N–H and O–H groups in total. The highest BCUT2D eigenvalue weighted by atomic mass is 16.5. The molecule has 0 spiro atoms. The van der Waals surface area contributed by atoms with Gasteiger partial charge in [-0.2, -0.15) is 0 Å². The molecule has 0 amide bonds. The quantitative estimate of drug-likeness (QED) is 0.624. The smallest absolute Gasteiger partial charge is 0.0645 e. The zero-order valence-corrected chi connectivity index (χ0v) is 8.18. The molecule has 0 saturated carbocycles. The lowest BCUT2D eigenvalue weighted by Crippen LogP contribution is -2.51. The van der Waals surface area contributed by atoms with Crippen molar-refractivity contribution in [3.8, 4) is 0 Å². The zero-order valence-electron chi connectivity index (χ0n) is 8.18. The monoisotopic (exact) mass is 172 g/mol. The molecule has 0 aromatic carbocycles. The van der Waals surface area contributed by atoms with Crippen LogP contribution in [0.5, 0.6) is 0 Å². The summed E-state index contributed by atoms with van der Waals surface area (Å²) in [6.07, 6.45) is 1.24. The van der Waals surface area contributed by atoms with E-state index in [0.29, 0.717) is 6.04 Å². The summed E-state index contributed by atoms with van der Waals surface area (Å²) in [5, 5.41) is 3.18. The summed E-state index contributed by atoms with van der Waals surface area (Å²) in [7, 11) is 2.00. The van der Waals surface area contributed by atoms with Crippen molar-refractivity contribution in [1.82, 2.24) is 10.2 Å². The Morgan fingerprint density at radius 1 is 1.42 bits per heavy atom. The van der Waals surface area contributed by atoms with Gasteiger partial charge in [-0.15, -0.1) is 0 Å². The fourth-order valence-corrected chi connectivity index (χ4v) is 1.45. The summed E-state index contributed by atoms with van der Waals surface area (Å²) < 4.78 is 5.18. The SMILES string of the molecule is CCCN(CCNC)C1COC1. The van der Waals surface area contributed by atoms with Gasteiger partial charge in [0.25, 0.3) is 0 Å². The minimum atomic E-state index is 0.693. The van der Waals surface area contributed by atoms with Gasteiger partial charge in [0.1, 0.15) is 0 Å². The summed E-state index contributed by atoms with van der Waals surface area (Å²) in [5.74, 6) is 0. The van der Waals surface area contributed by atoms with Crippen molar-refractivity contribution in [1.29, 1.82) is 0 Å². The Bertz CT molecular complexity index is 115. The molecule has 0 aromatic rings. The lowest BCUT2D eigenvalue weighted by molar-refractivity contribution is -0.0641. The fourth-order valence-electron chi connectivity index (χ4n) is 1.45. The van der Waals surface area contributed by atoms with Crippen LogP contribution in [0.15, 0.2) is 0 Å². The van der Waals surface area contributed by atoms with Gasteiger partial charge in [0.05, 0.1) is 19.3 Å². The van der Waals surface area contributed by atoms with Crippen molar-refractivity contribution < 1.29 is 4.74 Å². The Morgan fingerprint density at radius 2 is 2.17 bits per heavy atom. The zero-order chi connectivity index (χ0) is 8.81. The standard InChI is InChI=1S/C9H20N2O/c1-3-5-11(6-4-10-2)9-7-12-8-9/h9-10H,3-8H2,1-2H3. The molecule has 3 nitrogen and oxygen atoms in total. The Morgan fingerprint density at radius 3 is 2.58 bits per heavy atom. The van der Waals surface area contributed by atoms with Gasteiger partial charge in [-0.3, -0.25) is 4.90 Å². The molecule has 0 bridgehead atoms. The Labute approximate surface area is 75.1 Å². The van der Waals surface area contributed by atoms with Crippen LogP contribution in [-0.2, 0) is 4.74 Å². The highest BCUT2D eigenvalue weighted by molar-refractivity contribution is 4.77. The molecule has 1 saturated heterocycles. The topological polar surface area (TPSA) is 24.5 Å². The van der Waals surface area contributed by atoms with E-state index in [1.807, 2.05) is 7.05 Å². The minimum Gasteiger partial charge on any atom is -0.378 e. The second-order valence-corrected chi connectivity index (χ2v) is 3.33. The summed E-state index contributed by atoms with van der Waals surface area (Å²) in [4.78, 5) is 2.51. The van der Waals surface area contributed by atoms with Gasteiger partial charge in [0.2, 0.25) is 0 Å². The number of ether oxygens (including phenoxy) is 1. The maximum absolute atomic E-state index is 5.18. The van der Waals surface area contributed by atoms with Crippen molar-refractivity contribution >= 4 is 0 Å². The summed E-state index contributed by atoms with van der Waals surface area (Å²) in [5.41, 5.74) is 0. The molecule has 1 heterocycles. The number of nitrogens with one attached hydrogen (secondary N) is 1. The highest BCUT2D eigenvalue weighted by Gasteiger charge is 2.24. The Balaban J connectivity index is 2.17. The predicted molar refractivity (Wildman–Crippen MR) is 50.4 cm³/mol. The first-order chi connectivity index (χ1) is 5.88. The summed E-state index contributed by atoms with van der Waals surface area (Å²) in [6, 6.07) is 0.693. The van der Waals surface area contributed by atoms with E-state index in [2.05, 4.69) is 17.1 Å². The summed E-state index contributed by atoms with van der Waals surface area (Å²) in [6.45, 7) is 7.53. The molecule has 3 heteroatoms. The molecule has 72 valence electrons. The van der Waals surface area contributed by atoms with E-state index >= 15 is 0 Å². The van der Waals surface area contributed by atoms with Crippen molar-refractivity contribution in [2.45, 2.75) is 19.4 Å². The molecular weight excluding hydrogens is 152 g/mol. The van der Waals surface area contributed by atoms with E-state index in [4.69, 9.17) is 4.74 Å². The lowest BCUT2D eigenvalue weighted by atomic mass is 10.2. The van der Waals surface area contributed by atoms with Crippen LogP contribution in [0.2, 0.25) is 0 Å². The lowest BCUT2D eigenvalue weighted by Gasteiger charge is -2.37.